The van der Waals surface area contributed by atoms with E-state index < -0.39 is 17.6 Å². The molecule has 2 saturated heterocycles. The number of nitrogens with zero attached hydrogens (tertiary/aromatic N) is 3. The van der Waals surface area contributed by atoms with Crippen LogP contribution in [0.2, 0.25) is 0 Å². The summed E-state index contributed by atoms with van der Waals surface area (Å²) in [7, 11) is 0. The van der Waals surface area contributed by atoms with E-state index in [2.05, 4.69) is 20.4 Å². The summed E-state index contributed by atoms with van der Waals surface area (Å²) in [5.74, 6) is 1.18. The predicted octanol–water partition coefficient (Wildman–Crippen LogP) is 5.73. The molecule has 0 amide bonds. The Hall–Kier alpha value is -2.26. The molecule has 36 heavy (non-hydrogen) atoms. The van der Waals surface area contributed by atoms with Gasteiger partial charge in [0.05, 0.1) is 5.69 Å². The third kappa shape index (κ3) is 5.09. The number of fused-ring (bicyclic) bond motifs is 1. The summed E-state index contributed by atoms with van der Waals surface area (Å²) >= 11 is 0. The Morgan fingerprint density at radius 2 is 1.69 bits per heavy atom. The van der Waals surface area contributed by atoms with Gasteiger partial charge in [0.2, 0.25) is 0 Å². The second kappa shape index (κ2) is 9.56. The zero-order valence-electron chi connectivity index (χ0n) is 20.2. The van der Waals surface area contributed by atoms with Crippen molar-refractivity contribution < 1.29 is 22.3 Å². The number of likely N-dealkylation sites (tertiary alicyclic amines) is 1. The molecule has 1 aromatic carbocycles. The fourth-order valence-corrected chi connectivity index (χ4v) is 6.41. The van der Waals surface area contributed by atoms with E-state index in [1.165, 1.54) is 6.07 Å². The molecular weight excluding hydrogens is 472 g/mol. The minimum Gasteiger partial charge on any atom is -0.381 e. The zero-order chi connectivity index (χ0) is 24.9. The maximum absolute atomic E-state index is 14.5. The maximum Gasteiger partial charge on any atom is 0.420 e. The Bertz CT molecular complexity index is 1090. The van der Waals surface area contributed by atoms with Crippen LogP contribution in [0.4, 0.5) is 23.4 Å². The van der Waals surface area contributed by atoms with Crippen molar-refractivity contribution in [3.05, 3.63) is 41.2 Å². The number of aromatic nitrogens is 2. The topological polar surface area (TPSA) is 50.3 Å². The second-order valence-electron chi connectivity index (χ2n) is 11.1. The van der Waals surface area contributed by atoms with Crippen LogP contribution in [0.15, 0.2) is 24.3 Å². The molecule has 1 N–H and O–H groups in total. The number of anilines is 1. The summed E-state index contributed by atoms with van der Waals surface area (Å²) in [5.41, 5.74) is 0.0399. The fraction of sp³-hybridized carbons (Fsp3) is 0.630. The van der Waals surface area contributed by atoms with E-state index in [-0.39, 0.29) is 23.1 Å². The molecule has 2 aromatic rings. The lowest BCUT2D eigenvalue weighted by Gasteiger charge is -2.28. The zero-order valence-corrected chi connectivity index (χ0v) is 20.2. The molecule has 3 heterocycles. The van der Waals surface area contributed by atoms with Gasteiger partial charge in [0.15, 0.2) is 5.82 Å². The van der Waals surface area contributed by atoms with Crippen molar-refractivity contribution in [3.8, 4) is 11.3 Å². The first-order chi connectivity index (χ1) is 17.3. The summed E-state index contributed by atoms with van der Waals surface area (Å²) in [6, 6.07) is 5.50. The van der Waals surface area contributed by atoms with E-state index in [4.69, 9.17) is 4.74 Å². The van der Waals surface area contributed by atoms with Crippen LogP contribution < -0.4 is 5.32 Å². The van der Waals surface area contributed by atoms with Crippen LogP contribution in [0.5, 0.6) is 0 Å². The van der Waals surface area contributed by atoms with Crippen LogP contribution in [-0.2, 0) is 10.9 Å². The lowest BCUT2D eigenvalue weighted by Crippen LogP contribution is -2.32. The molecular formula is C27H32F4N4O. The van der Waals surface area contributed by atoms with Gasteiger partial charge in [-0.2, -0.15) is 13.2 Å². The van der Waals surface area contributed by atoms with Crippen molar-refractivity contribution in [2.75, 3.05) is 38.2 Å². The molecule has 4 fully saturated rings. The summed E-state index contributed by atoms with van der Waals surface area (Å²) in [6.07, 6.45) is 1.29. The molecule has 0 bridgehead atoms. The number of rotatable bonds is 6. The quantitative estimate of drug-likeness (QED) is 0.510. The van der Waals surface area contributed by atoms with Gasteiger partial charge in [-0.05, 0) is 86.0 Å². The lowest BCUT2D eigenvalue weighted by atomic mass is 10.00. The first-order valence-corrected chi connectivity index (χ1v) is 13.1. The Morgan fingerprint density at radius 1 is 0.972 bits per heavy atom. The first-order valence-electron chi connectivity index (χ1n) is 13.1. The molecule has 4 aliphatic rings. The van der Waals surface area contributed by atoms with Crippen LogP contribution in [0.3, 0.4) is 0 Å². The van der Waals surface area contributed by atoms with Crippen LogP contribution in [0.1, 0.15) is 55.6 Å². The van der Waals surface area contributed by atoms with E-state index in [9.17, 15) is 17.6 Å². The monoisotopic (exact) mass is 504 g/mol. The SMILES string of the molecule is Fc1ccc(C2CC2)cc1-c1cc(C(F)(F)F)c(NC2C[C@@H]3CN(CC4CCOCC4)C[C@@H]3C2)nn1. The van der Waals surface area contributed by atoms with Gasteiger partial charge in [-0.25, -0.2) is 4.39 Å². The molecule has 194 valence electrons. The highest BCUT2D eigenvalue weighted by molar-refractivity contribution is 5.64. The van der Waals surface area contributed by atoms with E-state index >= 15 is 0 Å². The van der Waals surface area contributed by atoms with E-state index in [0.29, 0.717) is 23.7 Å². The second-order valence-corrected chi connectivity index (χ2v) is 11.1. The molecule has 2 aliphatic heterocycles. The highest BCUT2D eigenvalue weighted by Gasteiger charge is 2.43. The molecule has 1 unspecified atom stereocenters. The number of benzene rings is 1. The third-order valence-electron chi connectivity index (χ3n) is 8.44. The van der Waals surface area contributed by atoms with Crippen molar-refractivity contribution in [1.29, 1.82) is 0 Å². The smallest absolute Gasteiger partial charge is 0.381 e. The van der Waals surface area contributed by atoms with Gasteiger partial charge < -0.3 is 15.0 Å². The summed E-state index contributed by atoms with van der Waals surface area (Å²) in [4.78, 5) is 2.53. The molecule has 6 rings (SSSR count). The van der Waals surface area contributed by atoms with Gasteiger partial charge in [0.1, 0.15) is 11.4 Å². The molecule has 1 aromatic heterocycles. The van der Waals surface area contributed by atoms with Gasteiger partial charge in [-0.1, -0.05) is 6.07 Å². The minimum absolute atomic E-state index is 0.0681. The third-order valence-corrected chi connectivity index (χ3v) is 8.44. The van der Waals surface area contributed by atoms with E-state index in [1.807, 2.05) is 0 Å². The van der Waals surface area contributed by atoms with Gasteiger partial charge in [0, 0.05) is 44.5 Å². The average Bonchev–Trinajstić information content (AvgIpc) is 3.54. The predicted molar refractivity (Wildman–Crippen MR) is 128 cm³/mol. The molecule has 5 nitrogen and oxygen atoms in total. The number of ether oxygens (including phenoxy) is 1. The number of nitrogens with one attached hydrogen (secondary N) is 1. The normalized spacial score (nSPS) is 27.4. The van der Waals surface area contributed by atoms with Gasteiger partial charge in [-0.3, -0.25) is 0 Å². The lowest BCUT2D eigenvalue weighted by molar-refractivity contribution is -0.137. The molecule has 3 atom stereocenters. The van der Waals surface area contributed by atoms with Crippen LogP contribution in [-0.4, -0.2) is 54.0 Å². The summed E-state index contributed by atoms with van der Waals surface area (Å²) in [5, 5.41) is 11.0. The molecule has 9 heteroatoms. The van der Waals surface area contributed by atoms with Crippen molar-refractivity contribution >= 4 is 5.82 Å². The number of alkyl halides is 3. The largest absolute Gasteiger partial charge is 0.420 e. The standard InChI is InChI=1S/C27H32F4N4O/c28-24-4-3-18(17-1-2-17)11-22(24)25-12-23(27(29,30)31)26(34-33-25)32-21-9-19-14-35(15-20(19)10-21)13-16-5-7-36-8-6-16/h3-4,11-12,16-17,19-21H,1-2,5-10,13-15H2,(H,32,34)/t19-,20+,21?. The molecule has 0 spiro atoms. The van der Waals surface area contributed by atoms with Crippen LogP contribution in [0.25, 0.3) is 11.3 Å². The Kier molecular flexibility index (Phi) is 6.40. The van der Waals surface area contributed by atoms with Crippen molar-refractivity contribution in [2.45, 2.75) is 56.7 Å². The van der Waals surface area contributed by atoms with Crippen molar-refractivity contribution in [3.63, 3.8) is 0 Å². The van der Waals surface area contributed by atoms with E-state index in [1.54, 1.807) is 12.1 Å². The summed E-state index contributed by atoms with van der Waals surface area (Å²) < 4.78 is 62.1. The van der Waals surface area contributed by atoms with Gasteiger partial charge in [0.25, 0.3) is 0 Å². The van der Waals surface area contributed by atoms with Gasteiger partial charge in [-0.15, -0.1) is 10.2 Å². The highest BCUT2D eigenvalue weighted by Crippen LogP contribution is 2.43. The van der Waals surface area contributed by atoms with Crippen LogP contribution in [0, 0.1) is 23.6 Å². The highest BCUT2D eigenvalue weighted by atomic mass is 19.4. The fourth-order valence-electron chi connectivity index (χ4n) is 6.41. The molecule has 0 radical (unpaired) electrons. The number of halogens is 4. The van der Waals surface area contributed by atoms with Crippen molar-refractivity contribution in [1.82, 2.24) is 15.1 Å². The van der Waals surface area contributed by atoms with Crippen LogP contribution >= 0.6 is 0 Å². The molecule has 2 aliphatic carbocycles. The summed E-state index contributed by atoms with van der Waals surface area (Å²) in [6.45, 7) is 4.80. The molecule has 2 saturated carbocycles. The average molecular weight is 505 g/mol. The maximum atomic E-state index is 14.5. The van der Waals surface area contributed by atoms with Crippen molar-refractivity contribution in [2.24, 2.45) is 17.8 Å². The van der Waals surface area contributed by atoms with Gasteiger partial charge >= 0.3 is 6.18 Å². The first kappa shape index (κ1) is 24.1. The Morgan fingerprint density at radius 3 is 2.36 bits per heavy atom. The Balaban J connectivity index is 1.14. The Labute approximate surface area is 208 Å². The van der Waals surface area contributed by atoms with E-state index in [0.717, 1.165) is 83.0 Å². The number of hydrogen-bond acceptors (Lipinski definition) is 5. The number of hydrogen-bond donors (Lipinski definition) is 1. The minimum atomic E-state index is -4.62.